The van der Waals surface area contributed by atoms with Gasteiger partial charge in [0.1, 0.15) is 16.1 Å². The second-order valence-corrected chi connectivity index (χ2v) is 5.27. The van der Waals surface area contributed by atoms with E-state index in [0.29, 0.717) is 5.56 Å². The van der Waals surface area contributed by atoms with Gasteiger partial charge in [-0.25, -0.2) is 4.98 Å². The molecule has 0 saturated carbocycles. The van der Waals surface area contributed by atoms with Crippen molar-refractivity contribution < 1.29 is 9.21 Å². The SMILES string of the molecule is CC(CCc1ccco1)NC(=O)c1cc(Cl)nc(Cl)c1. The quantitative estimate of drug-likeness (QED) is 0.856. The average molecular weight is 313 g/mol. The van der Waals surface area contributed by atoms with Gasteiger partial charge < -0.3 is 9.73 Å². The summed E-state index contributed by atoms with van der Waals surface area (Å²) in [5.74, 6) is 0.684. The predicted octanol–water partition coefficient (Wildman–Crippen LogP) is 3.73. The van der Waals surface area contributed by atoms with E-state index in [1.54, 1.807) is 6.26 Å². The number of halogens is 2. The van der Waals surface area contributed by atoms with Crippen LogP contribution < -0.4 is 5.32 Å². The van der Waals surface area contributed by atoms with Gasteiger partial charge >= 0.3 is 0 Å². The average Bonchev–Trinajstić information content (AvgIpc) is 2.88. The summed E-state index contributed by atoms with van der Waals surface area (Å²) in [6.45, 7) is 1.94. The maximum Gasteiger partial charge on any atom is 0.251 e. The van der Waals surface area contributed by atoms with E-state index in [2.05, 4.69) is 10.3 Å². The van der Waals surface area contributed by atoms with Gasteiger partial charge in [-0.05, 0) is 37.6 Å². The molecule has 0 aliphatic carbocycles. The monoisotopic (exact) mass is 312 g/mol. The van der Waals surface area contributed by atoms with Crippen LogP contribution in [0.15, 0.2) is 34.9 Å². The first-order valence-electron chi connectivity index (χ1n) is 6.21. The third kappa shape index (κ3) is 4.25. The number of furan rings is 1. The van der Waals surface area contributed by atoms with Crippen molar-refractivity contribution in [2.45, 2.75) is 25.8 Å². The van der Waals surface area contributed by atoms with Crippen molar-refractivity contribution in [2.75, 3.05) is 0 Å². The molecule has 2 aromatic heterocycles. The fourth-order valence-corrected chi connectivity index (χ4v) is 2.25. The highest BCUT2D eigenvalue weighted by molar-refractivity contribution is 6.33. The molecule has 106 valence electrons. The summed E-state index contributed by atoms with van der Waals surface area (Å²) in [5.41, 5.74) is 0.403. The number of pyridine rings is 1. The van der Waals surface area contributed by atoms with Crippen molar-refractivity contribution in [3.8, 4) is 0 Å². The number of hydrogen-bond donors (Lipinski definition) is 1. The van der Waals surface area contributed by atoms with Gasteiger partial charge in [0.2, 0.25) is 0 Å². The van der Waals surface area contributed by atoms with E-state index in [0.717, 1.165) is 18.6 Å². The van der Waals surface area contributed by atoms with Crippen molar-refractivity contribution in [1.29, 1.82) is 0 Å². The number of hydrogen-bond acceptors (Lipinski definition) is 3. The highest BCUT2D eigenvalue weighted by Crippen LogP contribution is 2.15. The van der Waals surface area contributed by atoms with Crippen LogP contribution in [-0.2, 0) is 6.42 Å². The summed E-state index contributed by atoms with van der Waals surface area (Å²) >= 11 is 11.5. The number of aromatic nitrogens is 1. The van der Waals surface area contributed by atoms with Crippen molar-refractivity contribution in [3.63, 3.8) is 0 Å². The van der Waals surface area contributed by atoms with Crippen LogP contribution in [0.3, 0.4) is 0 Å². The molecule has 0 bridgehead atoms. The summed E-state index contributed by atoms with van der Waals surface area (Å²) in [4.78, 5) is 15.8. The van der Waals surface area contributed by atoms with Crippen molar-refractivity contribution in [3.05, 3.63) is 52.2 Å². The maximum atomic E-state index is 12.0. The fraction of sp³-hybridized carbons (Fsp3) is 0.286. The number of carbonyl (C=O) groups is 1. The molecular weight excluding hydrogens is 299 g/mol. The van der Waals surface area contributed by atoms with Crippen LogP contribution in [0.4, 0.5) is 0 Å². The number of aryl methyl sites for hydroxylation is 1. The molecule has 20 heavy (non-hydrogen) atoms. The number of rotatable bonds is 5. The van der Waals surface area contributed by atoms with Crippen LogP contribution in [-0.4, -0.2) is 16.9 Å². The van der Waals surface area contributed by atoms with Crippen molar-refractivity contribution in [2.24, 2.45) is 0 Å². The fourth-order valence-electron chi connectivity index (χ4n) is 1.79. The number of nitrogens with one attached hydrogen (secondary N) is 1. The van der Waals surface area contributed by atoms with Crippen LogP contribution in [0.25, 0.3) is 0 Å². The second kappa shape index (κ2) is 6.77. The summed E-state index contributed by atoms with van der Waals surface area (Å²) < 4.78 is 5.25. The molecule has 2 rings (SSSR count). The van der Waals surface area contributed by atoms with Gasteiger partial charge in [0.25, 0.3) is 5.91 Å². The zero-order valence-electron chi connectivity index (χ0n) is 10.9. The lowest BCUT2D eigenvalue weighted by atomic mass is 10.1. The van der Waals surface area contributed by atoms with Crippen molar-refractivity contribution >= 4 is 29.1 Å². The Labute approximate surface area is 127 Å². The minimum absolute atomic E-state index is 0.0123. The molecule has 6 heteroatoms. The molecule has 0 radical (unpaired) electrons. The first-order valence-corrected chi connectivity index (χ1v) is 6.96. The molecule has 0 aromatic carbocycles. The van der Waals surface area contributed by atoms with Gasteiger partial charge in [-0.2, -0.15) is 0 Å². The van der Waals surface area contributed by atoms with Crippen molar-refractivity contribution in [1.82, 2.24) is 10.3 Å². The molecule has 1 unspecified atom stereocenters. The Morgan fingerprint density at radius 1 is 1.40 bits per heavy atom. The summed E-state index contributed by atoms with van der Waals surface area (Å²) in [6, 6.07) is 6.75. The number of carbonyl (C=O) groups excluding carboxylic acids is 1. The number of nitrogens with zero attached hydrogens (tertiary/aromatic N) is 1. The van der Waals surface area contributed by atoms with Crippen LogP contribution in [0.2, 0.25) is 10.3 Å². The minimum Gasteiger partial charge on any atom is -0.469 e. The van der Waals surface area contributed by atoms with Gasteiger partial charge in [-0.15, -0.1) is 0 Å². The molecule has 0 fully saturated rings. The van der Waals surface area contributed by atoms with Gasteiger partial charge in [0, 0.05) is 18.0 Å². The smallest absolute Gasteiger partial charge is 0.251 e. The van der Waals surface area contributed by atoms with E-state index < -0.39 is 0 Å². The van der Waals surface area contributed by atoms with Crippen LogP contribution in [0.1, 0.15) is 29.5 Å². The summed E-state index contributed by atoms with van der Waals surface area (Å²) in [6.07, 6.45) is 3.19. The van der Waals surface area contributed by atoms with Gasteiger partial charge in [-0.3, -0.25) is 4.79 Å². The van der Waals surface area contributed by atoms with Gasteiger partial charge in [0.05, 0.1) is 6.26 Å². The Bertz CT molecular complexity index is 565. The standard InChI is InChI=1S/C14H14Cl2N2O2/c1-9(4-5-11-3-2-6-20-11)17-14(19)10-7-12(15)18-13(16)8-10/h2-3,6-9H,4-5H2,1H3,(H,17,19). The molecule has 0 aliphatic rings. The molecular formula is C14H14Cl2N2O2. The molecule has 1 N–H and O–H groups in total. The maximum absolute atomic E-state index is 12.0. The lowest BCUT2D eigenvalue weighted by molar-refractivity contribution is 0.0938. The van der Waals surface area contributed by atoms with E-state index in [1.807, 2.05) is 19.1 Å². The summed E-state index contributed by atoms with van der Waals surface area (Å²) in [7, 11) is 0. The zero-order chi connectivity index (χ0) is 14.5. The number of amides is 1. The van der Waals surface area contributed by atoms with E-state index in [-0.39, 0.29) is 22.3 Å². The topological polar surface area (TPSA) is 55.1 Å². The van der Waals surface area contributed by atoms with Crippen LogP contribution in [0.5, 0.6) is 0 Å². The van der Waals surface area contributed by atoms with E-state index in [4.69, 9.17) is 27.6 Å². The van der Waals surface area contributed by atoms with Gasteiger partial charge in [0.15, 0.2) is 0 Å². The predicted molar refractivity (Wildman–Crippen MR) is 78.2 cm³/mol. The van der Waals surface area contributed by atoms with Crippen LogP contribution in [0, 0.1) is 0 Å². The molecule has 4 nitrogen and oxygen atoms in total. The molecule has 2 aromatic rings. The third-order valence-corrected chi connectivity index (χ3v) is 3.19. The molecule has 2 heterocycles. The second-order valence-electron chi connectivity index (χ2n) is 4.49. The lowest BCUT2D eigenvalue weighted by Gasteiger charge is -2.13. The normalized spacial score (nSPS) is 12.2. The Hall–Kier alpha value is -1.52. The Balaban J connectivity index is 1.90. The highest BCUT2D eigenvalue weighted by atomic mass is 35.5. The van der Waals surface area contributed by atoms with Gasteiger partial charge in [-0.1, -0.05) is 23.2 Å². The Morgan fingerprint density at radius 2 is 2.10 bits per heavy atom. The van der Waals surface area contributed by atoms with E-state index in [1.165, 1.54) is 12.1 Å². The first kappa shape index (κ1) is 14.9. The van der Waals surface area contributed by atoms with Crippen LogP contribution >= 0.6 is 23.2 Å². The first-order chi connectivity index (χ1) is 9.54. The summed E-state index contributed by atoms with van der Waals surface area (Å²) in [5, 5.41) is 3.29. The molecule has 0 spiro atoms. The molecule has 1 atom stereocenters. The van der Waals surface area contributed by atoms with E-state index in [9.17, 15) is 4.79 Å². The Kier molecular flexibility index (Phi) is 5.04. The molecule has 0 saturated heterocycles. The third-order valence-electron chi connectivity index (χ3n) is 2.81. The molecule has 0 aliphatic heterocycles. The highest BCUT2D eigenvalue weighted by Gasteiger charge is 2.12. The lowest BCUT2D eigenvalue weighted by Crippen LogP contribution is -2.32. The Morgan fingerprint density at radius 3 is 2.70 bits per heavy atom. The largest absolute Gasteiger partial charge is 0.469 e. The van der Waals surface area contributed by atoms with E-state index >= 15 is 0 Å². The molecule has 1 amide bonds. The minimum atomic E-state index is -0.219. The zero-order valence-corrected chi connectivity index (χ0v) is 12.4.